The number of carbonyl (C=O) groups is 1. The standard InChI is InChI=1S/C17H20N2O3/c20-12-6-11-18-17(21)19-13-14-7-4-5-10-16(14)22-15-8-2-1-3-9-15/h1-5,7-10,20H,6,11-13H2,(H2,18,19,21). The van der Waals surface area contributed by atoms with Crippen molar-refractivity contribution in [3.05, 3.63) is 60.2 Å². The number of aliphatic hydroxyl groups excluding tert-OH is 1. The van der Waals surface area contributed by atoms with E-state index in [1.54, 1.807) is 0 Å². The number of benzene rings is 2. The lowest BCUT2D eigenvalue weighted by Crippen LogP contribution is -2.35. The van der Waals surface area contributed by atoms with Gasteiger partial charge in [0.05, 0.1) is 0 Å². The molecule has 0 fully saturated rings. The smallest absolute Gasteiger partial charge is 0.315 e. The SMILES string of the molecule is O=C(NCCCO)NCc1ccccc1Oc1ccccc1. The molecule has 3 N–H and O–H groups in total. The van der Waals surface area contributed by atoms with Crippen LogP contribution in [0.1, 0.15) is 12.0 Å². The van der Waals surface area contributed by atoms with E-state index in [2.05, 4.69) is 10.6 Å². The number of ether oxygens (including phenoxy) is 1. The minimum absolute atomic E-state index is 0.0635. The summed E-state index contributed by atoms with van der Waals surface area (Å²) in [6.45, 7) is 0.881. The summed E-state index contributed by atoms with van der Waals surface area (Å²) in [5.41, 5.74) is 0.892. The van der Waals surface area contributed by atoms with Crippen molar-refractivity contribution in [1.82, 2.24) is 10.6 Å². The third-order valence-corrected chi connectivity index (χ3v) is 3.00. The zero-order chi connectivity index (χ0) is 15.6. The Kier molecular flexibility index (Phi) is 6.26. The second-order valence-corrected chi connectivity index (χ2v) is 4.71. The van der Waals surface area contributed by atoms with Crippen molar-refractivity contribution in [3.8, 4) is 11.5 Å². The van der Waals surface area contributed by atoms with E-state index in [0.29, 0.717) is 25.3 Å². The normalized spacial score (nSPS) is 10.0. The molecule has 0 spiro atoms. The van der Waals surface area contributed by atoms with Gasteiger partial charge < -0.3 is 20.5 Å². The van der Waals surface area contributed by atoms with Crippen LogP contribution in [-0.4, -0.2) is 24.3 Å². The van der Waals surface area contributed by atoms with Crippen molar-refractivity contribution in [3.63, 3.8) is 0 Å². The molecule has 0 bridgehead atoms. The molecule has 0 aromatic heterocycles. The van der Waals surface area contributed by atoms with Gasteiger partial charge in [0.1, 0.15) is 11.5 Å². The van der Waals surface area contributed by atoms with E-state index >= 15 is 0 Å². The van der Waals surface area contributed by atoms with E-state index < -0.39 is 0 Å². The Morgan fingerprint density at radius 1 is 1.00 bits per heavy atom. The van der Waals surface area contributed by atoms with E-state index in [0.717, 1.165) is 11.3 Å². The van der Waals surface area contributed by atoms with Crippen molar-refractivity contribution in [1.29, 1.82) is 0 Å². The summed E-state index contributed by atoms with van der Waals surface area (Å²) in [6, 6.07) is 16.8. The first-order chi connectivity index (χ1) is 10.8. The molecule has 2 aromatic rings. The summed E-state index contributed by atoms with van der Waals surface area (Å²) in [5.74, 6) is 1.46. The molecule has 0 saturated heterocycles. The third kappa shape index (κ3) is 5.10. The molecule has 0 radical (unpaired) electrons. The molecule has 0 heterocycles. The molecule has 0 unspecified atom stereocenters. The Morgan fingerprint density at radius 2 is 1.73 bits per heavy atom. The monoisotopic (exact) mass is 300 g/mol. The van der Waals surface area contributed by atoms with Gasteiger partial charge in [-0.2, -0.15) is 0 Å². The topological polar surface area (TPSA) is 70.6 Å². The molecule has 116 valence electrons. The second-order valence-electron chi connectivity index (χ2n) is 4.71. The maximum Gasteiger partial charge on any atom is 0.315 e. The van der Waals surface area contributed by atoms with Crippen molar-refractivity contribution < 1.29 is 14.6 Å². The van der Waals surface area contributed by atoms with Crippen molar-refractivity contribution in [2.24, 2.45) is 0 Å². The molecular weight excluding hydrogens is 280 g/mol. The van der Waals surface area contributed by atoms with Gasteiger partial charge in [-0.15, -0.1) is 0 Å². The largest absolute Gasteiger partial charge is 0.457 e. The van der Waals surface area contributed by atoms with Crippen molar-refractivity contribution in [2.75, 3.05) is 13.2 Å². The van der Waals surface area contributed by atoms with Crippen molar-refractivity contribution in [2.45, 2.75) is 13.0 Å². The van der Waals surface area contributed by atoms with Crippen LogP contribution < -0.4 is 15.4 Å². The maximum atomic E-state index is 11.6. The van der Waals surface area contributed by atoms with Gasteiger partial charge in [-0.25, -0.2) is 4.79 Å². The number of nitrogens with one attached hydrogen (secondary N) is 2. The van der Waals surface area contributed by atoms with Crippen LogP contribution in [0, 0.1) is 0 Å². The highest BCUT2D eigenvalue weighted by molar-refractivity contribution is 5.73. The lowest BCUT2D eigenvalue weighted by Gasteiger charge is -2.12. The van der Waals surface area contributed by atoms with Crippen LogP contribution >= 0.6 is 0 Å². The zero-order valence-corrected chi connectivity index (χ0v) is 12.3. The van der Waals surface area contributed by atoms with Gasteiger partial charge in [0.25, 0.3) is 0 Å². The number of rotatable bonds is 7. The fourth-order valence-corrected chi connectivity index (χ4v) is 1.88. The molecule has 5 heteroatoms. The molecule has 0 atom stereocenters. The van der Waals surface area contributed by atoms with Gasteiger partial charge in [-0.05, 0) is 24.6 Å². The van der Waals surface area contributed by atoms with Crippen molar-refractivity contribution >= 4 is 6.03 Å². The van der Waals surface area contributed by atoms with Gasteiger partial charge in [-0.1, -0.05) is 36.4 Å². The van der Waals surface area contributed by atoms with E-state index in [9.17, 15) is 4.79 Å². The molecule has 0 aliphatic heterocycles. The Bertz CT molecular complexity index is 587. The second kappa shape index (κ2) is 8.69. The van der Waals surface area contributed by atoms with E-state index in [4.69, 9.17) is 9.84 Å². The van der Waals surface area contributed by atoms with Crippen LogP contribution in [0.3, 0.4) is 0 Å². The number of urea groups is 1. The Labute approximate surface area is 129 Å². The summed E-state index contributed by atoms with van der Waals surface area (Å²) >= 11 is 0. The van der Waals surface area contributed by atoms with E-state index in [1.165, 1.54) is 0 Å². The van der Waals surface area contributed by atoms with Gasteiger partial charge in [0.15, 0.2) is 0 Å². The Hall–Kier alpha value is -2.53. The molecule has 2 amide bonds. The molecule has 0 aliphatic carbocycles. The Balaban J connectivity index is 1.92. The average molecular weight is 300 g/mol. The number of carbonyl (C=O) groups excluding carboxylic acids is 1. The first kappa shape index (κ1) is 15.9. The van der Waals surface area contributed by atoms with Gasteiger partial charge >= 0.3 is 6.03 Å². The number of hydrogen-bond donors (Lipinski definition) is 3. The van der Waals surface area contributed by atoms with Crippen LogP contribution in [-0.2, 0) is 6.54 Å². The molecule has 0 aliphatic rings. The van der Waals surface area contributed by atoms with E-state index in [-0.39, 0.29) is 12.6 Å². The highest BCUT2D eigenvalue weighted by Crippen LogP contribution is 2.24. The summed E-state index contributed by atoms with van der Waals surface area (Å²) in [4.78, 5) is 11.6. The fourth-order valence-electron chi connectivity index (χ4n) is 1.88. The summed E-state index contributed by atoms with van der Waals surface area (Å²) in [5, 5.41) is 14.1. The van der Waals surface area contributed by atoms with Gasteiger partial charge in [0, 0.05) is 25.3 Å². The van der Waals surface area contributed by atoms with Gasteiger partial charge in [0.2, 0.25) is 0 Å². The van der Waals surface area contributed by atoms with Crippen LogP contribution in [0.15, 0.2) is 54.6 Å². The molecular formula is C17H20N2O3. The lowest BCUT2D eigenvalue weighted by molar-refractivity contribution is 0.237. The summed E-state index contributed by atoms with van der Waals surface area (Å²) < 4.78 is 5.84. The number of aliphatic hydroxyl groups is 1. The van der Waals surface area contributed by atoms with E-state index in [1.807, 2.05) is 54.6 Å². The molecule has 2 aromatic carbocycles. The number of amides is 2. The summed E-state index contributed by atoms with van der Waals surface area (Å²) in [6.07, 6.45) is 0.543. The zero-order valence-electron chi connectivity index (χ0n) is 12.3. The lowest BCUT2D eigenvalue weighted by atomic mass is 10.2. The van der Waals surface area contributed by atoms with Crippen LogP contribution in [0.4, 0.5) is 4.79 Å². The van der Waals surface area contributed by atoms with Crippen LogP contribution in [0.5, 0.6) is 11.5 Å². The first-order valence-electron chi connectivity index (χ1n) is 7.23. The minimum Gasteiger partial charge on any atom is -0.457 e. The predicted octanol–water partition coefficient (Wildman–Crippen LogP) is 2.66. The highest BCUT2D eigenvalue weighted by atomic mass is 16.5. The molecule has 5 nitrogen and oxygen atoms in total. The number of para-hydroxylation sites is 2. The molecule has 2 rings (SSSR count). The fraction of sp³-hybridized carbons (Fsp3) is 0.235. The molecule has 0 saturated carbocycles. The third-order valence-electron chi connectivity index (χ3n) is 3.00. The maximum absolute atomic E-state index is 11.6. The predicted molar refractivity (Wildman–Crippen MR) is 84.9 cm³/mol. The highest BCUT2D eigenvalue weighted by Gasteiger charge is 2.06. The minimum atomic E-state index is -0.261. The summed E-state index contributed by atoms with van der Waals surface area (Å²) in [7, 11) is 0. The first-order valence-corrected chi connectivity index (χ1v) is 7.23. The molecule has 22 heavy (non-hydrogen) atoms. The van der Waals surface area contributed by atoms with Crippen LogP contribution in [0.2, 0.25) is 0 Å². The quantitative estimate of drug-likeness (QED) is 0.688. The van der Waals surface area contributed by atoms with Crippen LogP contribution in [0.25, 0.3) is 0 Å². The number of hydrogen-bond acceptors (Lipinski definition) is 3. The van der Waals surface area contributed by atoms with Gasteiger partial charge in [-0.3, -0.25) is 0 Å². The average Bonchev–Trinajstić information content (AvgIpc) is 2.55. The Morgan fingerprint density at radius 3 is 2.50 bits per heavy atom.